The van der Waals surface area contributed by atoms with Crippen LogP contribution in [0.5, 0.6) is 5.75 Å². The number of carbonyl (C=O) groups excluding carboxylic acids is 1. The first-order valence-electron chi connectivity index (χ1n) is 8.48. The molecule has 24 heavy (non-hydrogen) atoms. The smallest absolute Gasteiger partial charge is 0.268 e. The number of ether oxygens (including phenoxy) is 1. The first kappa shape index (κ1) is 18.1. The van der Waals surface area contributed by atoms with Crippen molar-refractivity contribution in [2.45, 2.75) is 46.1 Å². The third-order valence-electron chi connectivity index (χ3n) is 4.46. The van der Waals surface area contributed by atoms with Gasteiger partial charge in [0.1, 0.15) is 5.75 Å². The number of hydrogen-bond donors (Lipinski definition) is 1. The summed E-state index contributed by atoms with van der Waals surface area (Å²) in [4.78, 5) is 12.8. The molecule has 3 nitrogen and oxygen atoms in total. The molecule has 2 rings (SSSR count). The molecule has 0 bridgehead atoms. The van der Waals surface area contributed by atoms with Gasteiger partial charge in [-0.2, -0.15) is 0 Å². The fourth-order valence-corrected chi connectivity index (χ4v) is 2.37. The number of rotatable bonds is 6. The lowest BCUT2D eigenvalue weighted by atomic mass is 9.90. The van der Waals surface area contributed by atoms with Crippen molar-refractivity contribution in [3.8, 4) is 5.75 Å². The maximum atomic E-state index is 12.8. The Morgan fingerprint density at radius 2 is 1.54 bits per heavy atom. The Labute approximate surface area is 145 Å². The van der Waals surface area contributed by atoms with Crippen LogP contribution in [0.4, 0.5) is 5.69 Å². The summed E-state index contributed by atoms with van der Waals surface area (Å²) < 4.78 is 6.12. The van der Waals surface area contributed by atoms with E-state index < -0.39 is 5.60 Å². The average molecular weight is 325 g/mol. The van der Waals surface area contributed by atoms with Gasteiger partial charge in [0.05, 0.1) is 0 Å². The van der Waals surface area contributed by atoms with Crippen molar-refractivity contribution in [1.82, 2.24) is 0 Å². The van der Waals surface area contributed by atoms with Crippen molar-refractivity contribution >= 4 is 11.6 Å². The molecule has 0 saturated carbocycles. The number of carbonyl (C=O) groups is 1. The van der Waals surface area contributed by atoms with E-state index in [9.17, 15) is 4.79 Å². The van der Waals surface area contributed by atoms with E-state index in [0.29, 0.717) is 11.7 Å². The quantitative estimate of drug-likeness (QED) is 0.788. The van der Waals surface area contributed by atoms with Gasteiger partial charge in [-0.25, -0.2) is 0 Å². The normalized spacial score (nSPS) is 13.6. The van der Waals surface area contributed by atoms with Gasteiger partial charge in [-0.3, -0.25) is 4.79 Å². The van der Waals surface area contributed by atoms with Gasteiger partial charge in [0, 0.05) is 11.6 Å². The lowest BCUT2D eigenvalue weighted by Gasteiger charge is -2.33. The van der Waals surface area contributed by atoms with Crippen LogP contribution in [0.2, 0.25) is 0 Å². The second-order valence-corrected chi connectivity index (χ2v) is 6.91. The number of para-hydroxylation sites is 1. The maximum Gasteiger partial charge on any atom is 0.268 e. The molecule has 1 atom stereocenters. The monoisotopic (exact) mass is 325 g/mol. The van der Waals surface area contributed by atoms with Crippen LogP contribution >= 0.6 is 0 Å². The van der Waals surface area contributed by atoms with Crippen molar-refractivity contribution in [1.29, 1.82) is 0 Å². The highest BCUT2D eigenvalue weighted by Crippen LogP contribution is 2.28. The topological polar surface area (TPSA) is 38.3 Å². The van der Waals surface area contributed by atoms with Crippen molar-refractivity contribution in [3.63, 3.8) is 0 Å². The molecule has 3 heteroatoms. The molecule has 0 aliphatic rings. The molecule has 0 radical (unpaired) electrons. The Kier molecular flexibility index (Phi) is 5.66. The summed E-state index contributed by atoms with van der Waals surface area (Å²) in [7, 11) is 0. The molecule has 0 spiro atoms. The largest absolute Gasteiger partial charge is 0.477 e. The number of hydrogen-bond acceptors (Lipinski definition) is 2. The molecular weight excluding hydrogens is 298 g/mol. The SMILES string of the molecule is CC(C)c1ccc(OC(C)(C(=O)Nc2ccccc2)C(C)C)cc1. The zero-order valence-electron chi connectivity index (χ0n) is 15.2. The van der Waals surface area contributed by atoms with Crippen LogP contribution in [0.3, 0.4) is 0 Å². The van der Waals surface area contributed by atoms with E-state index >= 15 is 0 Å². The molecule has 0 aliphatic carbocycles. The highest BCUT2D eigenvalue weighted by Gasteiger charge is 2.39. The predicted molar refractivity (Wildman–Crippen MR) is 99.5 cm³/mol. The first-order valence-corrected chi connectivity index (χ1v) is 8.48. The fourth-order valence-electron chi connectivity index (χ4n) is 2.37. The molecule has 2 aromatic rings. The summed E-state index contributed by atoms with van der Waals surface area (Å²) in [5, 5.41) is 2.95. The van der Waals surface area contributed by atoms with E-state index in [2.05, 4.69) is 31.3 Å². The van der Waals surface area contributed by atoms with Crippen molar-refractivity contribution in [2.75, 3.05) is 5.32 Å². The summed E-state index contributed by atoms with van der Waals surface area (Å²) in [6.07, 6.45) is 0. The molecule has 128 valence electrons. The second kappa shape index (κ2) is 7.52. The van der Waals surface area contributed by atoms with Crippen molar-refractivity contribution in [2.24, 2.45) is 5.92 Å². The molecule has 0 heterocycles. The van der Waals surface area contributed by atoms with Gasteiger partial charge < -0.3 is 10.1 Å². The summed E-state index contributed by atoms with van der Waals surface area (Å²) in [5.74, 6) is 1.05. The van der Waals surface area contributed by atoms with Gasteiger partial charge in [0.2, 0.25) is 0 Å². The van der Waals surface area contributed by atoms with Crippen LogP contribution in [-0.2, 0) is 4.79 Å². The van der Waals surface area contributed by atoms with Crippen molar-refractivity contribution in [3.05, 3.63) is 60.2 Å². The lowest BCUT2D eigenvalue weighted by Crippen LogP contribution is -2.49. The standard InChI is InChI=1S/C21H27NO2/c1-15(2)17-11-13-19(14-12-17)24-21(5,16(3)4)20(23)22-18-9-7-6-8-10-18/h6-16H,1-5H3,(H,22,23). The van der Waals surface area contributed by atoms with E-state index in [1.54, 1.807) is 0 Å². The Balaban J connectivity index is 2.18. The molecular formula is C21H27NO2. The summed E-state index contributed by atoms with van der Waals surface area (Å²) >= 11 is 0. The van der Waals surface area contributed by atoms with Crippen LogP contribution in [0.15, 0.2) is 54.6 Å². The van der Waals surface area contributed by atoms with Crippen LogP contribution in [0.1, 0.15) is 46.1 Å². The summed E-state index contributed by atoms with van der Waals surface area (Å²) in [5.41, 5.74) is 1.07. The van der Waals surface area contributed by atoms with E-state index in [4.69, 9.17) is 4.74 Å². The van der Waals surface area contributed by atoms with E-state index in [1.165, 1.54) is 5.56 Å². The van der Waals surface area contributed by atoms with E-state index in [0.717, 1.165) is 5.69 Å². The number of nitrogens with one attached hydrogen (secondary N) is 1. The fraction of sp³-hybridized carbons (Fsp3) is 0.381. The van der Waals surface area contributed by atoms with Crippen LogP contribution in [0.25, 0.3) is 0 Å². The Bertz CT molecular complexity index is 662. The molecule has 1 N–H and O–H groups in total. The van der Waals surface area contributed by atoms with Crippen molar-refractivity contribution < 1.29 is 9.53 Å². The second-order valence-electron chi connectivity index (χ2n) is 6.91. The zero-order valence-corrected chi connectivity index (χ0v) is 15.2. The molecule has 1 amide bonds. The van der Waals surface area contributed by atoms with Gasteiger partial charge in [-0.15, -0.1) is 0 Å². The molecule has 0 saturated heterocycles. The molecule has 0 aliphatic heterocycles. The molecule has 2 aromatic carbocycles. The zero-order chi connectivity index (χ0) is 17.7. The minimum absolute atomic E-state index is 0.0194. The third-order valence-corrected chi connectivity index (χ3v) is 4.46. The average Bonchev–Trinajstić information content (AvgIpc) is 2.56. The van der Waals surface area contributed by atoms with Gasteiger partial charge >= 0.3 is 0 Å². The van der Waals surface area contributed by atoms with Gasteiger partial charge in [0.15, 0.2) is 5.60 Å². The predicted octanol–water partition coefficient (Wildman–Crippen LogP) is 5.24. The minimum atomic E-state index is -0.949. The van der Waals surface area contributed by atoms with Crippen LogP contribution < -0.4 is 10.1 Å². The Morgan fingerprint density at radius 1 is 0.958 bits per heavy atom. The highest BCUT2D eigenvalue weighted by molar-refractivity contribution is 5.97. The number of benzene rings is 2. The number of anilines is 1. The van der Waals surface area contributed by atoms with Gasteiger partial charge in [-0.1, -0.05) is 58.0 Å². The Hall–Kier alpha value is -2.29. The van der Waals surface area contributed by atoms with Gasteiger partial charge in [0.25, 0.3) is 5.91 Å². The maximum absolute atomic E-state index is 12.8. The Morgan fingerprint density at radius 3 is 2.04 bits per heavy atom. The van der Waals surface area contributed by atoms with E-state index in [-0.39, 0.29) is 11.8 Å². The molecule has 0 fully saturated rings. The molecule has 1 unspecified atom stereocenters. The van der Waals surface area contributed by atoms with Crippen LogP contribution in [0, 0.1) is 5.92 Å². The summed E-state index contributed by atoms with van der Waals surface area (Å²) in [6, 6.07) is 17.4. The molecule has 0 aromatic heterocycles. The third kappa shape index (κ3) is 4.16. The van der Waals surface area contributed by atoms with Gasteiger partial charge in [-0.05, 0) is 42.7 Å². The van der Waals surface area contributed by atoms with Crippen LogP contribution in [-0.4, -0.2) is 11.5 Å². The minimum Gasteiger partial charge on any atom is -0.477 e. The van der Waals surface area contributed by atoms with E-state index in [1.807, 2.05) is 63.2 Å². The lowest BCUT2D eigenvalue weighted by molar-refractivity contribution is -0.133. The summed E-state index contributed by atoms with van der Waals surface area (Å²) in [6.45, 7) is 10.1. The number of amides is 1. The highest BCUT2D eigenvalue weighted by atomic mass is 16.5. The first-order chi connectivity index (χ1) is 11.3.